The van der Waals surface area contributed by atoms with Gasteiger partial charge >= 0.3 is 5.76 Å². The fourth-order valence-electron chi connectivity index (χ4n) is 2.98. The van der Waals surface area contributed by atoms with Crippen LogP contribution in [0.25, 0.3) is 11.1 Å². The molecule has 3 rings (SSSR count). The zero-order valence-electron chi connectivity index (χ0n) is 13.5. The molecule has 2 aromatic rings. The number of primary amides is 1. The minimum absolute atomic E-state index is 0.120. The number of para-hydroxylation sites is 2. The van der Waals surface area contributed by atoms with E-state index in [1.807, 2.05) is 11.9 Å². The summed E-state index contributed by atoms with van der Waals surface area (Å²) in [5, 5.41) is 0. The molecule has 1 saturated heterocycles. The molecule has 0 radical (unpaired) electrons. The van der Waals surface area contributed by atoms with E-state index in [-0.39, 0.29) is 19.0 Å². The number of hydrogen-bond donors (Lipinski definition) is 1. The molecule has 0 spiro atoms. The van der Waals surface area contributed by atoms with Gasteiger partial charge in [0.2, 0.25) is 11.8 Å². The third-order valence-corrected chi connectivity index (χ3v) is 4.35. The van der Waals surface area contributed by atoms with E-state index in [0.29, 0.717) is 30.7 Å². The Labute approximate surface area is 138 Å². The number of oxazole rings is 1. The average molecular weight is 332 g/mol. The summed E-state index contributed by atoms with van der Waals surface area (Å²) >= 11 is 0. The highest BCUT2D eigenvalue weighted by Gasteiger charge is 2.28. The molecule has 0 aliphatic carbocycles. The molecule has 1 atom stereocenters. The minimum atomic E-state index is -0.567. The molecular formula is C16H20N4O4. The molecule has 1 aromatic heterocycles. The van der Waals surface area contributed by atoms with Gasteiger partial charge in [-0.3, -0.25) is 14.2 Å². The third kappa shape index (κ3) is 3.18. The van der Waals surface area contributed by atoms with E-state index in [1.165, 1.54) is 4.57 Å². The van der Waals surface area contributed by atoms with Crippen molar-refractivity contribution in [3.63, 3.8) is 0 Å². The van der Waals surface area contributed by atoms with Crippen LogP contribution in [-0.2, 0) is 16.1 Å². The Morgan fingerprint density at radius 3 is 2.75 bits per heavy atom. The smallest absolute Gasteiger partial charge is 0.408 e. The Balaban J connectivity index is 1.81. The largest absolute Gasteiger partial charge is 0.420 e. The molecule has 8 heteroatoms. The topological polar surface area (TPSA) is 102 Å². The highest BCUT2D eigenvalue weighted by Crippen LogP contribution is 2.13. The van der Waals surface area contributed by atoms with Gasteiger partial charge in [-0.1, -0.05) is 12.1 Å². The maximum atomic E-state index is 12.6. The van der Waals surface area contributed by atoms with Gasteiger partial charge in [-0.2, -0.15) is 0 Å². The van der Waals surface area contributed by atoms with Crippen LogP contribution in [0.2, 0.25) is 0 Å². The van der Waals surface area contributed by atoms with Crippen molar-refractivity contribution in [2.45, 2.75) is 6.54 Å². The molecule has 1 aliphatic rings. The van der Waals surface area contributed by atoms with Crippen LogP contribution in [0.3, 0.4) is 0 Å². The van der Waals surface area contributed by atoms with Gasteiger partial charge in [0.25, 0.3) is 0 Å². The van der Waals surface area contributed by atoms with Crippen molar-refractivity contribution < 1.29 is 14.0 Å². The standard InChI is InChI=1S/C16H20N4O4/c1-18-6-7-19(9-11(8-18)15(17)22)14(21)10-20-12-4-2-3-5-13(12)24-16(20)23/h2-5,11H,6-10H2,1H3,(H2,17,22)/t11-/m0/s1. The van der Waals surface area contributed by atoms with Crippen molar-refractivity contribution >= 4 is 22.9 Å². The number of nitrogens with two attached hydrogens (primary N) is 1. The van der Waals surface area contributed by atoms with Gasteiger partial charge in [0, 0.05) is 26.2 Å². The second-order valence-corrected chi connectivity index (χ2v) is 6.12. The van der Waals surface area contributed by atoms with Gasteiger partial charge < -0.3 is 20.0 Å². The van der Waals surface area contributed by atoms with Gasteiger partial charge in [-0.05, 0) is 19.2 Å². The predicted molar refractivity (Wildman–Crippen MR) is 87.2 cm³/mol. The number of hydrogen-bond acceptors (Lipinski definition) is 5. The summed E-state index contributed by atoms with van der Waals surface area (Å²) in [7, 11) is 1.89. The number of amides is 2. The van der Waals surface area contributed by atoms with Gasteiger partial charge in [0.15, 0.2) is 5.58 Å². The first-order valence-electron chi connectivity index (χ1n) is 7.79. The first kappa shape index (κ1) is 16.3. The zero-order chi connectivity index (χ0) is 17.3. The summed E-state index contributed by atoms with van der Waals surface area (Å²) in [6.45, 7) is 1.81. The van der Waals surface area contributed by atoms with E-state index in [9.17, 15) is 14.4 Å². The molecule has 2 amide bonds. The second kappa shape index (κ2) is 6.48. The quantitative estimate of drug-likeness (QED) is 0.814. The number of rotatable bonds is 3. The number of benzene rings is 1. The summed E-state index contributed by atoms with van der Waals surface area (Å²) in [6.07, 6.45) is 0. The van der Waals surface area contributed by atoms with E-state index >= 15 is 0 Å². The van der Waals surface area contributed by atoms with E-state index in [1.54, 1.807) is 29.2 Å². The molecule has 2 heterocycles. The fraction of sp³-hybridized carbons (Fsp3) is 0.438. The first-order chi connectivity index (χ1) is 11.5. The Morgan fingerprint density at radius 1 is 1.25 bits per heavy atom. The molecular weight excluding hydrogens is 312 g/mol. The molecule has 0 saturated carbocycles. The maximum absolute atomic E-state index is 12.6. The Kier molecular flexibility index (Phi) is 4.39. The van der Waals surface area contributed by atoms with Crippen LogP contribution < -0.4 is 11.5 Å². The number of carbonyl (C=O) groups excluding carboxylic acids is 2. The van der Waals surface area contributed by atoms with Crippen molar-refractivity contribution in [2.24, 2.45) is 11.7 Å². The van der Waals surface area contributed by atoms with Crippen LogP contribution in [0.15, 0.2) is 33.5 Å². The number of fused-ring (bicyclic) bond motifs is 1. The summed E-state index contributed by atoms with van der Waals surface area (Å²) < 4.78 is 6.45. The second-order valence-electron chi connectivity index (χ2n) is 6.12. The number of likely N-dealkylation sites (N-methyl/N-ethyl adjacent to an activating group) is 1. The molecule has 1 fully saturated rings. The normalized spacial score (nSPS) is 19.4. The summed E-state index contributed by atoms with van der Waals surface area (Å²) in [5.41, 5.74) is 6.45. The molecule has 128 valence electrons. The van der Waals surface area contributed by atoms with Crippen molar-refractivity contribution in [3.8, 4) is 0 Å². The van der Waals surface area contributed by atoms with Crippen LogP contribution in [0, 0.1) is 5.92 Å². The van der Waals surface area contributed by atoms with Gasteiger partial charge in [0.1, 0.15) is 6.54 Å². The zero-order valence-corrected chi connectivity index (χ0v) is 13.5. The van der Waals surface area contributed by atoms with Crippen LogP contribution in [-0.4, -0.2) is 59.4 Å². The fourth-order valence-corrected chi connectivity index (χ4v) is 2.98. The molecule has 1 aromatic carbocycles. The summed E-state index contributed by atoms with van der Waals surface area (Å²) in [4.78, 5) is 39.8. The molecule has 0 bridgehead atoms. The third-order valence-electron chi connectivity index (χ3n) is 4.35. The van der Waals surface area contributed by atoms with Gasteiger partial charge in [0.05, 0.1) is 11.4 Å². The lowest BCUT2D eigenvalue weighted by Gasteiger charge is -2.22. The Bertz CT molecular complexity index is 825. The highest BCUT2D eigenvalue weighted by molar-refractivity contribution is 5.81. The number of carbonyl (C=O) groups is 2. The average Bonchev–Trinajstić information content (AvgIpc) is 2.72. The lowest BCUT2D eigenvalue weighted by molar-refractivity contribution is -0.133. The molecule has 2 N–H and O–H groups in total. The summed E-state index contributed by atoms with van der Waals surface area (Å²) in [6, 6.07) is 6.96. The molecule has 1 aliphatic heterocycles. The molecule has 8 nitrogen and oxygen atoms in total. The highest BCUT2D eigenvalue weighted by atomic mass is 16.4. The summed E-state index contributed by atoms with van der Waals surface area (Å²) in [5.74, 6) is -1.64. The van der Waals surface area contributed by atoms with E-state index in [4.69, 9.17) is 10.2 Å². The monoisotopic (exact) mass is 332 g/mol. The van der Waals surface area contributed by atoms with Crippen LogP contribution in [0.1, 0.15) is 0 Å². The van der Waals surface area contributed by atoms with Crippen molar-refractivity contribution in [2.75, 3.05) is 33.2 Å². The van der Waals surface area contributed by atoms with Crippen molar-refractivity contribution in [1.29, 1.82) is 0 Å². The SMILES string of the molecule is CN1CCN(C(=O)Cn2c(=O)oc3ccccc32)C[C@@H](C(N)=O)C1. The van der Waals surface area contributed by atoms with Gasteiger partial charge in [-0.15, -0.1) is 0 Å². The molecule has 0 unspecified atom stereocenters. The lowest BCUT2D eigenvalue weighted by atomic mass is 10.1. The first-order valence-corrected chi connectivity index (χ1v) is 7.79. The number of aromatic nitrogens is 1. The Hall–Kier alpha value is -2.61. The van der Waals surface area contributed by atoms with Crippen molar-refractivity contribution in [3.05, 3.63) is 34.8 Å². The van der Waals surface area contributed by atoms with Gasteiger partial charge in [-0.25, -0.2) is 4.79 Å². The van der Waals surface area contributed by atoms with Crippen molar-refractivity contribution in [1.82, 2.24) is 14.4 Å². The number of nitrogens with zero attached hydrogens (tertiary/aromatic N) is 3. The van der Waals surface area contributed by atoms with Crippen LogP contribution in [0.4, 0.5) is 0 Å². The van der Waals surface area contributed by atoms with E-state index in [2.05, 4.69) is 0 Å². The van der Waals surface area contributed by atoms with E-state index in [0.717, 1.165) is 0 Å². The maximum Gasteiger partial charge on any atom is 0.420 e. The minimum Gasteiger partial charge on any atom is -0.408 e. The van der Waals surface area contributed by atoms with E-state index < -0.39 is 17.6 Å². The lowest BCUT2D eigenvalue weighted by Crippen LogP contribution is -2.42. The predicted octanol–water partition coefficient (Wildman–Crippen LogP) is -0.530. The van der Waals surface area contributed by atoms with Crippen LogP contribution in [0.5, 0.6) is 0 Å². The molecule has 24 heavy (non-hydrogen) atoms. The van der Waals surface area contributed by atoms with Crippen LogP contribution >= 0.6 is 0 Å². The Morgan fingerprint density at radius 2 is 2.00 bits per heavy atom.